The molecule has 2 aliphatic carbocycles. The lowest BCUT2D eigenvalue weighted by Crippen LogP contribution is -2.59. The summed E-state index contributed by atoms with van der Waals surface area (Å²) in [5.41, 5.74) is 5.71. The summed E-state index contributed by atoms with van der Waals surface area (Å²) in [5.74, 6) is -2.51. The molecule has 14 heteroatoms. The largest absolute Gasteiger partial charge is 0.357 e. The van der Waals surface area contributed by atoms with Crippen LogP contribution in [0.15, 0.2) is 72.8 Å². The molecule has 3 fully saturated rings. The SMILES string of the molecule is CC(=O)NNC(=O)C[C@H]1O[C@H](c2cccc(Cl)c2)[C@@H](c2ccc(Cl)cc2)N([C@@H](CN(c2ccccc2F)S(=O)(=O)C2CC2)C2CC2)C1=O. The maximum absolute atomic E-state index is 15.4. The summed E-state index contributed by atoms with van der Waals surface area (Å²) in [6.07, 6.45) is -0.242. The maximum atomic E-state index is 15.4. The molecule has 1 aliphatic heterocycles. The average Bonchev–Trinajstić information content (AvgIpc) is 3.96. The highest BCUT2D eigenvalue weighted by Crippen LogP contribution is 2.49. The number of morpholine rings is 1. The Balaban J connectivity index is 1.48. The molecule has 3 aliphatic rings. The second-order valence-corrected chi connectivity index (χ2v) is 15.4. The van der Waals surface area contributed by atoms with Crippen LogP contribution in [0, 0.1) is 11.7 Å². The van der Waals surface area contributed by atoms with Crippen molar-refractivity contribution >= 4 is 56.6 Å². The Morgan fingerprint density at radius 2 is 1.67 bits per heavy atom. The molecule has 254 valence electrons. The van der Waals surface area contributed by atoms with Crippen molar-refractivity contribution in [2.75, 3.05) is 10.8 Å². The minimum absolute atomic E-state index is 0.0866. The zero-order valence-corrected chi connectivity index (χ0v) is 28.3. The fourth-order valence-corrected chi connectivity index (χ4v) is 8.43. The van der Waals surface area contributed by atoms with E-state index in [-0.39, 0.29) is 18.2 Å². The molecule has 0 bridgehead atoms. The quantitative estimate of drug-likeness (QED) is 0.254. The van der Waals surface area contributed by atoms with Crippen LogP contribution in [0.25, 0.3) is 0 Å². The average molecular weight is 718 g/mol. The molecule has 4 atom stereocenters. The molecule has 10 nitrogen and oxygen atoms in total. The lowest BCUT2D eigenvalue weighted by atomic mass is 9.89. The van der Waals surface area contributed by atoms with Gasteiger partial charge in [0.1, 0.15) is 18.0 Å². The van der Waals surface area contributed by atoms with Gasteiger partial charge >= 0.3 is 0 Å². The minimum atomic E-state index is -3.98. The van der Waals surface area contributed by atoms with Crippen molar-refractivity contribution in [2.24, 2.45) is 5.92 Å². The number of nitrogens with one attached hydrogen (secondary N) is 2. The van der Waals surface area contributed by atoms with E-state index in [0.717, 1.165) is 4.31 Å². The van der Waals surface area contributed by atoms with Crippen LogP contribution < -0.4 is 15.2 Å². The van der Waals surface area contributed by atoms with Gasteiger partial charge in [0.05, 0.1) is 36.0 Å². The summed E-state index contributed by atoms with van der Waals surface area (Å²) < 4.78 is 50.9. The van der Waals surface area contributed by atoms with Gasteiger partial charge in [0.15, 0.2) is 0 Å². The second kappa shape index (κ2) is 14.0. The summed E-state index contributed by atoms with van der Waals surface area (Å²) >= 11 is 12.7. The van der Waals surface area contributed by atoms with Crippen molar-refractivity contribution in [3.05, 3.63) is 99.8 Å². The van der Waals surface area contributed by atoms with E-state index in [4.69, 9.17) is 27.9 Å². The lowest BCUT2D eigenvalue weighted by molar-refractivity contribution is -0.181. The van der Waals surface area contributed by atoms with Gasteiger partial charge in [-0.2, -0.15) is 0 Å². The summed E-state index contributed by atoms with van der Waals surface area (Å²) in [6, 6.07) is 18.1. The van der Waals surface area contributed by atoms with E-state index in [9.17, 15) is 22.8 Å². The molecule has 1 saturated heterocycles. The van der Waals surface area contributed by atoms with Gasteiger partial charge in [0.2, 0.25) is 21.8 Å². The first kappa shape index (κ1) is 34.2. The number of rotatable bonds is 11. The Morgan fingerprint density at radius 1 is 0.958 bits per heavy atom. The highest BCUT2D eigenvalue weighted by Gasteiger charge is 2.52. The number of carbonyl (C=O) groups is 3. The van der Waals surface area contributed by atoms with Crippen LogP contribution in [0.4, 0.5) is 10.1 Å². The van der Waals surface area contributed by atoms with Crippen molar-refractivity contribution < 1.29 is 31.9 Å². The van der Waals surface area contributed by atoms with Gasteiger partial charge in [0, 0.05) is 17.0 Å². The minimum Gasteiger partial charge on any atom is -0.357 e. The summed E-state index contributed by atoms with van der Waals surface area (Å²) in [7, 11) is -3.98. The Hall–Kier alpha value is -3.71. The standard InChI is InChI=1S/C34H35Cl2FN4O6S/c1-20(42)38-39-31(43)18-30-34(44)41(32(22-11-13-24(35)14-12-22)33(47-30)23-5-4-6-25(36)17-23)29(21-9-10-21)19-40(48(45,46)26-15-16-26)28-8-3-2-7-27(28)37/h2-8,11-14,17,21,26,29-30,32-33H,9-10,15-16,18-19H2,1H3,(H,38,42)(H,39,43)/t29-,30+,32+,33+/m0/s1. The van der Waals surface area contributed by atoms with Crippen molar-refractivity contribution in [3.63, 3.8) is 0 Å². The van der Waals surface area contributed by atoms with E-state index >= 15 is 4.39 Å². The predicted octanol–water partition coefficient (Wildman–Crippen LogP) is 5.48. The van der Waals surface area contributed by atoms with Gasteiger partial charge < -0.3 is 9.64 Å². The first-order chi connectivity index (χ1) is 22.9. The molecule has 3 aromatic rings. The number of anilines is 1. The number of sulfonamides is 1. The molecule has 3 amide bonds. The van der Waals surface area contributed by atoms with Crippen LogP contribution in [0.1, 0.15) is 62.3 Å². The van der Waals surface area contributed by atoms with Gasteiger partial charge in [-0.15, -0.1) is 0 Å². The van der Waals surface area contributed by atoms with Gasteiger partial charge in [-0.1, -0.05) is 59.6 Å². The van der Waals surface area contributed by atoms with E-state index in [0.29, 0.717) is 46.9 Å². The highest BCUT2D eigenvalue weighted by molar-refractivity contribution is 7.93. The Kier molecular flexibility index (Phi) is 9.98. The molecule has 3 aromatic carbocycles. The van der Waals surface area contributed by atoms with Crippen molar-refractivity contribution in [2.45, 2.75) is 68.6 Å². The molecule has 0 aromatic heterocycles. The zero-order valence-electron chi connectivity index (χ0n) is 26.0. The third kappa shape index (κ3) is 7.46. The second-order valence-electron chi connectivity index (χ2n) is 12.4. The molecule has 0 unspecified atom stereocenters. The molecule has 6 rings (SSSR count). The number of carbonyl (C=O) groups excluding carboxylic acids is 3. The van der Waals surface area contributed by atoms with Gasteiger partial charge in [-0.3, -0.25) is 29.5 Å². The first-order valence-corrected chi connectivity index (χ1v) is 18.0. The topological polar surface area (TPSA) is 125 Å². The van der Waals surface area contributed by atoms with Crippen LogP contribution in [0.2, 0.25) is 10.0 Å². The number of hydrazine groups is 1. The Bertz CT molecular complexity index is 1800. The fourth-order valence-electron chi connectivity index (χ4n) is 6.24. The van der Waals surface area contributed by atoms with Crippen molar-refractivity contribution in [3.8, 4) is 0 Å². The number of nitrogens with zero attached hydrogens (tertiary/aromatic N) is 2. The molecule has 0 radical (unpaired) electrons. The van der Waals surface area contributed by atoms with Crippen LogP contribution in [0.3, 0.4) is 0 Å². The third-order valence-electron chi connectivity index (χ3n) is 8.82. The van der Waals surface area contributed by atoms with E-state index < -0.39 is 69.5 Å². The molecule has 48 heavy (non-hydrogen) atoms. The van der Waals surface area contributed by atoms with Gasteiger partial charge in [-0.25, -0.2) is 12.8 Å². The number of halogens is 3. The van der Waals surface area contributed by atoms with E-state index in [1.54, 1.807) is 59.5 Å². The maximum Gasteiger partial charge on any atom is 0.253 e. The molecule has 2 N–H and O–H groups in total. The van der Waals surface area contributed by atoms with E-state index in [1.165, 1.54) is 25.1 Å². The normalized spacial score (nSPS) is 21.8. The lowest BCUT2D eigenvalue weighted by Gasteiger charge is -2.49. The van der Waals surface area contributed by atoms with Crippen LogP contribution in [-0.4, -0.2) is 55.0 Å². The predicted molar refractivity (Wildman–Crippen MR) is 179 cm³/mol. The van der Waals surface area contributed by atoms with Crippen LogP contribution in [-0.2, 0) is 29.1 Å². The third-order valence-corrected chi connectivity index (χ3v) is 11.6. The summed E-state index contributed by atoms with van der Waals surface area (Å²) in [6.45, 7) is 1.03. The number of amides is 3. The fraction of sp³-hybridized carbons (Fsp3) is 0.382. The van der Waals surface area contributed by atoms with Gasteiger partial charge in [-0.05, 0) is 79.1 Å². The smallest absolute Gasteiger partial charge is 0.253 e. The van der Waals surface area contributed by atoms with Crippen molar-refractivity contribution in [1.82, 2.24) is 15.8 Å². The number of benzene rings is 3. The Labute approximate surface area is 288 Å². The number of hydrogen-bond acceptors (Lipinski definition) is 6. The molecule has 2 saturated carbocycles. The van der Waals surface area contributed by atoms with E-state index in [1.807, 2.05) is 0 Å². The Morgan fingerprint density at radius 3 is 2.29 bits per heavy atom. The zero-order chi connectivity index (χ0) is 34.2. The molecule has 0 spiro atoms. The molecular formula is C34H35Cl2FN4O6S. The van der Waals surface area contributed by atoms with Crippen LogP contribution in [0.5, 0.6) is 0 Å². The molecule has 1 heterocycles. The van der Waals surface area contributed by atoms with E-state index in [2.05, 4.69) is 10.9 Å². The summed E-state index contributed by atoms with van der Waals surface area (Å²) in [4.78, 5) is 40.7. The summed E-state index contributed by atoms with van der Waals surface area (Å²) in [5, 5.41) is 0.253. The van der Waals surface area contributed by atoms with Crippen molar-refractivity contribution in [1.29, 1.82) is 0 Å². The van der Waals surface area contributed by atoms with Gasteiger partial charge in [0.25, 0.3) is 5.91 Å². The number of hydrogen-bond donors (Lipinski definition) is 2. The first-order valence-electron chi connectivity index (χ1n) is 15.7. The number of para-hydroxylation sites is 1. The monoisotopic (exact) mass is 716 g/mol. The highest BCUT2D eigenvalue weighted by atomic mass is 35.5. The number of ether oxygens (including phenoxy) is 1. The molecular weight excluding hydrogens is 682 g/mol. The van der Waals surface area contributed by atoms with Crippen LogP contribution >= 0.6 is 23.2 Å².